The number of piperidine rings is 1. The van der Waals surface area contributed by atoms with Gasteiger partial charge in [-0.15, -0.1) is 0 Å². The Labute approximate surface area is 211 Å². The van der Waals surface area contributed by atoms with E-state index in [1.807, 2.05) is 32.4 Å². The van der Waals surface area contributed by atoms with Gasteiger partial charge in [-0.05, 0) is 83.8 Å². The number of halogens is 3. The van der Waals surface area contributed by atoms with Crippen molar-refractivity contribution < 1.29 is 29.3 Å². The van der Waals surface area contributed by atoms with Crippen molar-refractivity contribution >= 4 is 11.7 Å². The molecule has 2 aliphatic rings. The molecule has 0 bridgehead atoms. The van der Waals surface area contributed by atoms with Gasteiger partial charge in [-0.1, -0.05) is 6.07 Å². The molecule has 6 nitrogen and oxygen atoms in total. The van der Waals surface area contributed by atoms with Crippen LogP contribution < -0.4 is 0 Å². The lowest BCUT2D eigenvalue weighted by atomic mass is 9.78. The third kappa shape index (κ3) is 4.36. The topological polar surface area (TPSA) is 65.8 Å². The highest BCUT2D eigenvalue weighted by molar-refractivity contribution is 6.00. The van der Waals surface area contributed by atoms with Crippen molar-refractivity contribution in [1.82, 2.24) is 14.4 Å². The molecule has 9 heteroatoms. The molecule has 0 aliphatic carbocycles. The number of ketones is 1. The van der Waals surface area contributed by atoms with Gasteiger partial charge in [-0.25, -0.2) is 0 Å². The molecule has 1 saturated heterocycles. The van der Waals surface area contributed by atoms with Gasteiger partial charge in [0, 0.05) is 44.1 Å². The first-order chi connectivity index (χ1) is 16.5. The number of carbonyl (C=O) groups excluding carboxylic acids is 2. The van der Waals surface area contributed by atoms with Crippen molar-refractivity contribution in [2.24, 2.45) is 0 Å². The van der Waals surface area contributed by atoms with Crippen molar-refractivity contribution in [2.75, 3.05) is 26.7 Å². The normalized spacial score (nSPS) is 19.9. The second-order valence-corrected chi connectivity index (χ2v) is 11.4. The van der Waals surface area contributed by atoms with Crippen LogP contribution in [0, 0.1) is 6.92 Å². The second kappa shape index (κ2) is 8.45. The van der Waals surface area contributed by atoms with E-state index in [9.17, 15) is 27.9 Å². The van der Waals surface area contributed by atoms with Crippen LogP contribution in [-0.4, -0.2) is 64.0 Å². The molecule has 4 rings (SSSR count). The monoisotopic (exact) mass is 507 g/mol. The summed E-state index contributed by atoms with van der Waals surface area (Å²) in [7, 11) is 1.96. The van der Waals surface area contributed by atoms with Gasteiger partial charge in [-0.2, -0.15) is 13.2 Å². The molecule has 1 N–H and O–H groups in total. The Hall–Kier alpha value is -2.65. The first-order valence-corrected chi connectivity index (χ1v) is 12.2. The standard InChI is InChI=1S/C27H34F3N3O3.H2/c1-17-13-18(7-8-20(17)25(4,5)36)23(35)32-11-9-26(10-12-32)21-14-19(22(34)27(28,29)30)15-33(21)24(2,3)16-31(26)6;/h7-8,13-15,36H,9-12,16H2,1-6H3;1H. The van der Waals surface area contributed by atoms with Gasteiger partial charge in [-0.3, -0.25) is 14.5 Å². The molecule has 3 heterocycles. The number of rotatable bonds is 3. The number of hydrogen-bond donors (Lipinski definition) is 1. The lowest BCUT2D eigenvalue weighted by Gasteiger charge is -2.54. The fourth-order valence-corrected chi connectivity index (χ4v) is 6.00. The Morgan fingerprint density at radius 3 is 2.19 bits per heavy atom. The Balaban J connectivity index is 0.00000380. The summed E-state index contributed by atoms with van der Waals surface area (Å²) in [6.45, 7) is 10.6. The number of likely N-dealkylation sites (tertiary alicyclic amines) is 1. The summed E-state index contributed by atoms with van der Waals surface area (Å²) in [5.41, 5.74) is 0.389. The molecule has 0 saturated carbocycles. The molecule has 1 aromatic heterocycles. The van der Waals surface area contributed by atoms with Gasteiger partial charge in [0.1, 0.15) is 0 Å². The average Bonchev–Trinajstić information content (AvgIpc) is 3.23. The van der Waals surface area contributed by atoms with Crippen molar-refractivity contribution in [1.29, 1.82) is 0 Å². The van der Waals surface area contributed by atoms with Crippen molar-refractivity contribution in [2.45, 2.75) is 70.3 Å². The Bertz CT molecular complexity index is 1210. The molecular weight excluding hydrogens is 471 g/mol. The van der Waals surface area contributed by atoms with E-state index >= 15 is 0 Å². The maximum Gasteiger partial charge on any atom is 0.454 e. The molecule has 1 amide bonds. The van der Waals surface area contributed by atoms with Crippen LogP contribution in [0.25, 0.3) is 0 Å². The number of carbonyl (C=O) groups is 2. The van der Waals surface area contributed by atoms with Gasteiger partial charge < -0.3 is 14.6 Å². The molecule has 0 unspecified atom stereocenters. The molecule has 36 heavy (non-hydrogen) atoms. The Morgan fingerprint density at radius 2 is 1.67 bits per heavy atom. The quantitative estimate of drug-likeness (QED) is 0.605. The summed E-state index contributed by atoms with van der Waals surface area (Å²) in [6, 6.07) is 6.68. The molecule has 1 aromatic carbocycles. The summed E-state index contributed by atoms with van der Waals surface area (Å²) >= 11 is 0. The SMILES string of the molecule is Cc1cc(C(=O)N2CCC3(CC2)c2cc(C(=O)C(F)(F)F)cn2C(C)(C)CN3C)ccc1C(C)(C)O.[HH]. The lowest BCUT2D eigenvalue weighted by molar-refractivity contribution is -0.0885. The third-order valence-corrected chi connectivity index (χ3v) is 7.83. The maximum absolute atomic E-state index is 13.3. The minimum Gasteiger partial charge on any atom is -0.386 e. The molecule has 0 atom stereocenters. The van der Waals surface area contributed by atoms with Crippen molar-refractivity contribution in [3.8, 4) is 0 Å². The fraction of sp³-hybridized carbons (Fsp3) is 0.556. The van der Waals surface area contributed by atoms with Gasteiger partial charge in [0.15, 0.2) is 0 Å². The molecule has 198 valence electrons. The van der Waals surface area contributed by atoms with Gasteiger partial charge >= 0.3 is 6.18 Å². The highest BCUT2D eigenvalue weighted by atomic mass is 19.4. The highest BCUT2D eigenvalue weighted by Crippen LogP contribution is 2.46. The number of hydrogen-bond acceptors (Lipinski definition) is 4. The van der Waals surface area contributed by atoms with Gasteiger partial charge in [0.05, 0.1) is 16.7 Å². The molecule has 1 spiro atoms. The fourth-order valence-electron chi connectivity index (χ4n) is 6.00. The molecular formula is C27H36F3N3O3. The van der Waals surface area contributed by atoms with E-state index in [-0.39, 0.29) is 12.9 Å². The van der Waals surface area contributed by atoms with Crippen LogP contribution in [0.5, 0.6) is 0 Å². The van der Waals surface area contributed by atoms with E-state index in [0.29, 0.717) is 43.7 Å². The summed E-state index contributed by atoms with van der Waals surface area (Å²) in [6.07, 6.45) is -2.52. The summed E-state index contributed by atoms with van der Waals surface area (Å²) in [5, 5.41) is 10.3. The number of amides is 1. The van der Waals surface area contributed by atoms with Crippen molar-refractivity contribution in [3.05, 3.63) is 58.4 Å². The minimum atomic E-state index is -4.94. The van der Waals surface area contributed by atoms with Crippen LogP contribution >= 0.6 is 0 Å². The zero-order chi connectivity index (χ0) is 26.8. The minimum absolute atomic E-state index is 0. The van der Waals surface area contributed by atoms with Crippen LogP contribution in [0.4, 0.5) is 13.2 Å². The largest absolute Gasteiger partial charge is 0.454 e. The second-order valence-electron chi connectivity index (χ2n) is 11.4. The zero-order valence-corrected chi connectivity index (χ0v) is 21.7. The van der Waals surface area contributed by atoms with E-state index in [2.05, 4.69) is 4.90 Å². The number of nitrogens with zero attached hydrogens (tertiary/aromatic N) is 3. The number of fused-ring (bicyclic) bond motifs is 2. The van der Waals surface area contributed by atoms with Crippen LogP contribution in [0.1, 0.15) is 79.5 Å². The molecule has 0 radical (unpaired) electrons. The summed E-state index contributed by atoms with van der Waals surface area (Å²) in [5.74, 6) is -1.95. The first-order valence-electron chi connectivity index (χ1n) is 12.2. The van der Waals surface area contributed by atoms with Crippen LogP contribution in [-0.2, 0) is 16.7 Å². The van der Waals surface area contributed by atoms with E-state index in [1.165, 1.54) is 12.3 Å². The molecule has 2 aliphatic heterocycles. The van der Waals surface area contributed by atoms with E-state index in [4.69, 9.17) is 0 Å². The van der Waals surface area contributed by atoms with E-state index in [0.717, 1.165) is 11.1 Å². The smallest absolute Gasteiger partial charge is 0.386 e. The number of likely N-dealkylation sites (N-methyl/N-ethyl adjacent to an activating group) is 1. The molecule has 1 fully saturated rings. The zero-order valence-electron chi connectivity index (χ0n) is 21.7. The maximum atomic E-state index is 13.3. The van der Waals surface area contributed by atoms with Gasteiger partial charge in [0.25, 0.3) is 11.7 Å². The first kappa shape index (κ1) is 26.4. The number of aromatic nitrogens is 1. The lowest BCUT2D eigenvalue weighted by Crippen LogP contribution is -2.60. The van der Waals surface area contributed by atoms with Crippen LogP contribution in [0.2, 0.25) is 0 Å². The Kier molecular flexibility index (Phi) is 6.20. The number of Topliss-reactive ketones (excluding diaryl/α,β-unsaturated/α-hetero) is 1. The van der Waals surface area contributed by atoms with E-state index in [1.54, 1.807) is 36.9 Å². The predicted molar refractivity (Wildman–Crippen MR) is 132 cm³/mol. The third-order valence-electron chi connectivity index (χ3n) is 7.83. The highest BCUT2D eigenvalue weighted by Gasteiger charge is 2.50. The number of benzene rings is 1. The van der Waals surface area contributed by atoms with Crippen LogP contribution in [0.3, 0.4) is 0 Å². The number of aliphatic hydroxyl groups is 1. The number of aryl methyl sites for hydroxylation is 1. The Morgan fingerprint density at radius 1 is 1.06 bits per heavy atom. The summed E-state index contributed by atoms with van der Waals surface area (Å²) in [4.78, 5) is 29.3. The summed E-state index contributed by atoms with van der Waals surface area (Å²) < 4.78 is 41.4. The van der Waals surface area contributed by atoms with Gasteiger partial charge in [0.2, 0.25) is 0 Å². The van der Waals surface area contributed by atoms with Crippen LogP contribution in [0.15, 0.2) is 30.5 Å². The van der Waals surface area contributed by atoms with E-state index < -0.39 is 28.6 Å². The van der Waals surface area contributed by atoms with Crippen molar-refractivity contribution in [3.63, 3.8) is 0 Å². The number of alkyl halides is 3. The average molecular weight is 508 g/mol. The predicted octanol–water partition coefficient (Wildman–Crippen LogP) is 4.83. The molecule has 2 aromatic rings.